The molecule has 2 nitrogen and oxygen atoms in total. The zero-order chi connectivity index (χ0) is 13.7. The van der Waals surface area contributed by atoms with E-state index in [1.165, 1.54) is 32.1 Å². The Bertz CT molecular complexity index is 438. The van der Waals surface area contributed by atoms with Crippen molar-refractivity contribution in [1.82, 2.24) is 5.32 Å². The number of carbonyl (C=O) groups is 1. The molecule has 0 atom stereocenters. The van der Waals surface area contributed by atoms with Crippen LogP contribution in [-0.4, -0.2) is 12.5 Å². The predicted octanol–water partition coefficient (Wildman–Crippen LogP) is 4.46. The van der Waals surface area contributed by atoms with Crippen molar-refractivity contribution in [2.75, 3.05) is 6.54 Å². The van der Waals surface area contributed by atoms with E-state index in [1.807, 2.05) is 25.1 Å². The molecule has 0 heterocycles. The van der Waals surface area contributed by atoms with Gasteiger partial charge < -0.3 is 5.32 Å². The summed E-state index contributed by atoms with van der Waals surface area (Å²) in [6.45, 7) is 2.77. The Kier molecular flexibility index (Phi) is 5.44. The average molecular weight is 324 g/mol. The Balaban J connectivity index is 1.82. The van der Waals surface area contributed by atoms with E-state index in [1.54, 1.807) is 0 Å². The monoisotopic (exact) mass is 323 g/mol. The Morgan fingerprint density at radius 1 is 1.32 bits per heavy atom. The summed E-state index contributed by atoms with van der Waals surface area (Å²) >= 11 is 3.47. The van der Waals surface area contributed by atoms with Crippen LogP contribution in [0.3, 0.4) is 0 Å². The van der Waals surface area contributed by atoms with E-state index in [2.05, 4.69) is 21.2 Å². The zero-order valence-corrected chi connectivity index (χ0v) is 13.1. The minimum atomic E-state index is 0.0506. The van der Waals surface area contributed by atoms with Crippen LogP contribution in [0.1, 0.15) is 54.4 Å². The van der Waals surface area contributed by atoms with Crippen molar-refractivity contribution in [1.29, 1.82) is 0 Å². The average Bonchev–Trinajstić information content (AvgIpc) is 2.43. The van der Waals surface area contributed by atoms with Crippen LogP contribution < -0.4 is 5.32 Å². The third kappa shape index (κ3) is 4.07. The molecule has 104 valence electrons. The molecule has 0 aromatic heterocycles. The first kappa shape index (κ1) is 14.6. The summed E-state index contributed by atoms with van der Waals surface area (Å²) in [5.41, 5.74) is 1.79. The largest absolute Gasteiger partial charge is 0.352 e. The predicted molar refractivity (Wildman–Crippen MR) is 82.4 cm³/mol. The quantitative estimate of drug-likeness (QED) is 0.870. The SMILES string of the molecule is Cc1c(Br)cccc1C(=O)NCCC1CCCCC1. The van der Waals surface area contributed by atoms with Gasteiger partial charge in [-0.3, -0.25) is 4.79 Å². The number of amides is 1. The van der Waals surface area contributed by atoms with Crippen LogP contribution >= 0.6 is 15.9 Å². The van der Waals surface area contributed by atoms with Gasteiger partial charge in [-0.05, 0) is 37.0 Å². The van der Waals surface area contributed by atoms with E-state index in [0.717, 1.165) is 34.5 Å². The molecule has 1 aromatic carbocycles. The van der Waals surface area contributed by atoms with Gasteiger partial charge in [0.1, 0.15) is 0 Å². The van der Waals surface area contributed by atoms with Crippen LogP contribution in [0.5, 0.6) is 0 Å². The van der Waals surface area contributed by atoms with Gasteiger partial charge in [0.05, 0.1) is 0 Å². The number of halogens is 1. The summed E-state index contributed by atoms with van der Waals surface area (Å²) in [6.07, 6.45) is 7.92. The normalized spacial score (nSPS) is 16.3. The number of benzene rings is 1. The van der Waals surface area contributed by atoms with Gasteiger partial charge in [-0.2, -0.15) is 0 Å². The molecule has 1 aromatic rings. The number of hydrogen-bond donors (Lipinski definition) is 1. The van der Waals surface area contributed by atoms with E-state index < -0.39 is 0 Å². The Labute approximate surface area is 124 Å². The highest BCUT2D eigenvalue weighted by atomic mass is 79.9. The number of hydrogen-bond acceptors (Lipinski definition) is 1. The highest BCUT2D eigenvalue weighted by Crippen LogP contribution is 2.25. The number of nitrogens with one attached hydrogen (secondary N) is 1. The fourth-order valence-corrected chi connectivity index (χ4v) is 3.18. The Hall–Kier alpha value is -0.830. The van der Waals surface area contributed by atoms with E-state index in [0.29, 0.717) is 0 Å². The molecule has 1 aliphatic rings. The molecule has 1 saturated carbocycles. The molecule has 0 bridgehead atoms. The second kappa shape index (κ2) is 7.09. The third-order valence-electron chi connectivity index (χ3n) is 4.08. The van der Waals surface area contributed by atoms with Gasteiger partial charge in [-0.1, -0.05) is 54.1 Å². The van der Waals surface area contributed by atoms with Gasteiger partial charge in [-0.25, -0.2) is 0 Å². The molecule has 1 N–H and O–H groups in total. The van der Waals surface area contributed by atoms with Gasteiger partial charge in [0.2, 0.25) is 0 Å². The second-order valence-electron chi connectivity index (χ2n) is 5.46. The van der Waals surface area contributed by atoms with Gasteiger partial charge in [0.15, 0.2) is 0 Å². The van der Waals surface area contributed by atoms with Crippen LogP contribution in [0, 0.1) is 12.8 Å². The Morgan fingerprint density at radius 3 is 2.79 bits per heavy atom. The van der Waals surface area contributed by atoms with Crippen LogP contribution in [0.15, 0.2) is 22.7 Å². The zero-order valence-electron chi connectivity index (χ0n) is 11.5. The lowest BCUT2D eigenvalue weighted by molar-refractivity contribution is 0.0949. The molecule has 0 unspecified atom stereocenters. The molecule has 0 aliphatic heterocycles. The molecule has 0 radical (unpaired) electrons. The van der Waals surface area contributed by atoms with Crippen molar-refractivity contribution in [2.24, 2.45) is 5.92 Å². The summed E-state index contributed by atoms with van der Waals surface area (Å²) in [5.74, 6) is 0.868. The van der Waals surface area contributed by atoms with Gasteiger partial charge in [-0.15, -0.1) is 0 Å². The molecule has 3 heteroatoms. The summed E-state index contributed by atoms with van der Waals surface area (Å²) in [7, 11) is 0. The maximum absolute atomic E-state index is 12.1. The van der Waals surface area contributed by atoms with Crippen LogP contribution in [0.2, 0.25) is 0 Å². The second-order valence-corrected chi connectivity index (χ2v) is 6.32. The first-order valence-electron chi connectivity index (χ1n) is 7.22. The fraction of sp³-hybridized carbons (Fsp3) is 0.562. The minimum absolute atomic E-state index is 0.0506. The topological polar surface area (TPSA) is 29.1 Å². The Morgan fingerprint density at radius 2 is 2.05 bits per heavy atom. The fourth-order valence-electron chi connectivity index (χ4n) is 2.81. The standard InChI is InChI=1S/C16H22BrNO/c1-12-14(8-5-9-15(12)17)16(19)18-11-10-13-6-3-2-4-7-13/h5,8-9,13H,2-4,6-7,10-11H2,1H3,(H,18,19). The summed E-state index contributed by atoms with van der Waals surface area (Å²) < 4.78 is 0.993. The van der Waals surface area contributed by atoms with Gasteiger partial charge >= 0.3 is 0 Å². The summed E-state index contributed by atoms with van der Waals surface area (Å²) in [4.78, 5) is 12.1. The summed E-state index contributed by atoms with van der Waals surface area (Å²) in [6, 6.07) is 5.76. The van der Waals surface area contributed by atoms with Gasteiger partial charge in [0, 0.05) is 16.6 Å². The van der Waals surface area contributed by atoms with Crippen LogP contribution in [-0.2, 0) is 0 Å². The number of rotatable bonds is 4. The maximum atomic E-state index is 12.1. The molecular formula is C16H22BrNO. The molecule has 1 aliphatic carbocycles. The van der Waals surface area contributed by atoms with Crippen molar-refractivity contribution < 1.29 is 4.79 Å². The van der Waals surface area contributed by atoms with Crippen molar-refractivity contribution in [3.63, 3.8) is 0 Å². The van der Waals surface area contributed by atoms with Crippen LogP contribution in [0.25, 0.3) is 0 Å². The van der Waals surface area contributed by atoms with Crippen molar-refractivity contribution in [3.8, 4) is 0 Å². The highest BCUT2D eigenvalue weighted by Gasteiger charge is 2.14. The van der Waals surface area contributed by atoms with Crippen molar-refractivity contribution >= 4 is 21.8 Å². The number of carbonyl (C=O) groups excluding carboxylic acids is 1. The first-order chi connectivity index (χ1) is 9.18. The highest BCUT2D eigenvalue weighted by molar-refractivity contribution is 9.10. The molecule has 0 spiro atoms. The van der Waals surface area contributed by atoms with Crippen molar-refractivity contribution in [2.45, 2.75) is 45.4 Å². The first-order valence-corrected chi connectivity index (χ1v) is 8.01. The lowest BCUT2D eigenvalue weighted by atomic mass is 9.87. The lowest BCUT2D eigenvalue weighted by Crippen LogP contribution is -2.27. The maximum Gasteiger partial charge on any atom is 0.251 e. The molecule has 0 saturated heterocycles. The molecule has 1 fully saturated rings. The van der Waals surface area contributed by atoms with Crippen LogP contribution in [0.4, 0.5) is 0 Å². The van der Waals surface area contributed by atoms with E-state index in [-0.39, 0.29) is 5.91 Å². The lowest BCUT2D eigenvalue weighted by Gasteiger charge is -2.21. The summed E-state index contributed by atoms with van der Waals surface area (Å²) in [5, 5.41) is 3.05. The molecule has 1 amide bonds. The van der Waals surface area contributed by atoms with E-state index in [9.17, 15) is 4.79 Å². The molecule has 19 heavy (non-hydrogen) atoms. The third-order valence-corrected chi connectivity index (χ3v) is 4.93. The van der Waals surface area contributed by atoms with Crippen molar-refractivity contribution in [3.05, 3.63) is 33.8 Å². The smallest absolute Gasteiger partial charge is 0.251 e. The van der Waals surface area contributed by atoms with Gasteiger partial charge in [0.25, 0.3) is 5.91 Å². The van der Waals surface area contributed by atoms with E-state index >= 15 is 0 Å². The molecular weight excluding hydrogens is 302 g/mol. The van der Waals surface area contributed by atoms with E-state index in [4.69, 9.17) is 0 Å². The minimum Gasteiger partial charge on any atom is -0.352 e. The molecule has 2 rings (SSSR count).